The van der Waals surface area contributed by atoms with Gasteiger partial charge in [-0.25, -0.2) is 0 Å². The quantitative estimate of drug-likeness (QED) is 0.195. The van der Waals surface area contributed by atoms with Crippen LogP contribution in [0.2, 0.25) is 0 Å². The number of nitrogens with zero attached hydrogens (tertiary/aromatic N) is 4. The van der Waals surface area contributed by atoms with E-state index >= 15 is 0 Å². The first-order valence-electron chi connectivity index (χ1n) is 11.9. The molecule has 4 aromatic rings. The molecule has 0 amide bonds. The number of methoxy groups -OCH3 is 1. The van der Waals surface area contributed by atoms with E-state index in [2.05, 4.69) is 46.4 Å². The van der Waals surface area contributed by atoms with E-state index < -0.39 is 4.92 Å². The highest BCUT2D eigenvalue weighted by molar-refractivity contribution is 7.80. The van der Waals surface area contributed by atoms with Gasteiger partial charge in [-0.05, 0) is 80.5 Å². The number of nitro groups is 1. The van der Waals surface area contributed by atoms with Gasteiger partial charge in [-0.1, -0.05) is 18.2 Å². The number of aryl methyl sites for hydroxylation is 2. The summed E-state index contributed by atoms with van der Waals surface area (Å²) >= 11 is 5.87. The van der Waals surface area contributed by atoms with E-state index in [1.54, 1.807) is 25.4 Å². The molecule has 0 unspecified atom stereocenters. The molecule has 1 saturated heterocycles. The van der Waals surface area contributed by atoms with E-state index in [1.165, 1.54) is 6.07 Å². The number of nitrogens with one attached hydrogen (secondary N) is 1. The van der Waals surface area contributed by atoms with Crippen molar-refractivity contribution in [2.45, 2.75) is 32.9 Å². The molecule has 2 aromatic carbocycles. The van der Waals surface area contributed by atoms with Crippen LogP contribution >= 0.6 is 12.2 Å². The second kappa shape index (κ2) is 9.67. The van der Waals surface area contributed by atoms with Crippen molar-refractivity contribution < 1.29 is 9.66 Å². The fraction of sp³-hybridized carbons (Fsp3) is 0.214. The first-order chi connectivity index (χ1) is 17.8. The van der Waals surface area contributed by atoms with Crippen LogP contribution in [0.3, 0.4) is 0 Å². The second-order valence-electron chi connectivity index (χ2n) is 9.11. The van der Waals surface area contributed by atoms with Crippen molar-refractivity contribution in [1.82, 2.24) is 14.9 Å². The van der Waals surface area contributed by atoms with Gasteiger partial charge in [-0.3, -0.25) is 15.1 Å². The van der Waals surface area contributed by atoms with Crippen LogP contribution in [-0.2, 0) is 0 Å². The van der Waals surface area contributed by atoms with Crippen molar-refractivity contribution in [3.05, 3.63) is 111 Å². The molecule has 1 N–H and O–H groups in total. The molecule has 1 aliphatic heterocycles. The Morgan fingerprint density at radius 2 is 1.86 bits per heavy atom. The van der Waals surface area contributed by atoms with Gasteiger partial charge < -0.3 is 19.5 Å². The van der Waals surface area contributed by atoms with Crippen molar-refractivity contribution in [1.29, 1.82) is 0 Å². The predicted octanol–water partition coefficient (Wildman–Crippen LogP) is 5.89. The Morgan fingerprint density at radius 1 is 1.05 bits per heavy atom. The Hall–Kier alpha value is -4.24. The number of rotatable bonds is 6. The third-order valence-corrected chi connectivity index (χ3v) is 7.10. The normalized spacial score (nSPS) is 17.1. The number of hydrogen-bond acceptors (Lipinski definition) is 5. The summed E-state index contributed by atoms with van der Waals surface area (Å²) in [5.41, 5.74) is 6.51. The summed E-state index contributed by atoms with van der Waals surface area (Å²) in [6.45, 7) is 6.07. The molecule has 37 heavy (non-hydrogen) atoms. The number of nitro benzene ring substituents is 1. The van der Waals surface area contributed by atoms with E-state index in [-0.39, 0.29) is 17.8 Å². The standard InChI is InChI=1S/C28H27N5O3S/c1-17-8-7-9-20(14-17)32-27(26(30-28(32)37)23-10-5-6-13-29-23)22-15-18(2)31(19(22)3)24-16-21(33(34)35)11-12-25(24)36-4/h5-16,26-27H,1-4H3,(H,30,37)/t26-,27+/m0/s1. The number of non-ortho nitro benzene ring substituents is 1. The van der Waals surface area contributed by atoms with Crippen molar-refractivity contribution >= 4 is 28.7 Å². The van der Waals surface area contributed by atoms with Gasteiger partial charge in [0, 0.05) is 35.4 Å². The third kappa shape index (κ3) is 4.31. The summed E-state index contributed by atoms with van der Waals surface area (Å²) in [5.74, 6) is 0.552. The van der Waals surface area contributed by atoms with Crippen LogP contribution in [0, 0.1) is 30.9 Å². The van der Waals surface area contributed by atoms with Gasteiger partial charge in [0.1, 0.15) is 5.75 Å². The molecule has 0 bridgehead atoms. The molecule has 0 radical (unpaired) electrons. The minimum absolute atomic E-state index is 0.00121. The van der Waals surface area contributed by atoms with Crippen molar-refractivity contribution in [2.75, 3.05) is 12.0 Å². The molecule has 0 saturated carbocycles. The fourth-order valence-electron chi connectivity index (χ4n) is 5.15. The Kier molecular flexibility index (Phi) is 6.39. The van der Waals surface area contributed by atoms with E-state index in [1.807, 2.05) is 42.7 Å². The molecular formula is C28H27N5O3S. The first-order valence-corrected chi connectivity index (χ1v) is 12.3. The van der Waals surface area contributed by atoms with Crippen LogP contribution in [-0.4, -0.2) is 26.7 Å². The summed E-state index contributed by atoms with van der Waals surface area (Å²) in [6, 6.07) is 20.5. The molecule has 0 spiro atoms. The third-order valence-electron chi connectivity index (χ3n) is 6.78. The van der Waals surface area contributed by atoms with Crippen LogP contribution in [0.15, 0.2) is 72.9 Å². The van der Waals surface area contributed by atoms with Gasteiger partial charge >= 0.3 is 0 Å². The molecule has 8 nitrogen and oxygen atoms in total. The SMILES string of the molecule is COc1ccc([N+](=O)[O-])cc1-n1c(C)cc([C@@H]2[C@H](c3ccccn3)NC(=S)N2c2cccc(C)c2)c1C. The zero-order valence-corrected chi connectivity index (χ0v) is 21.8. The van der Waals surface area contributed by atoms with Crippen LogP contribution in [0.25, 0.3) is 5.69 Å². The average molecular weight is 514 g/mol. The Balaban J connectivity index is 1.71. The molecular weight excluding hydrogens is 486 g/mol. The summed E-state index contributed by atoms with van der Waals surface area (Å²) in [7, 11) is 1.57. The Labute approximate surface area is 220 Å². The lowest BCUT2D eigenvalue weighted by atomic mass is 9.96. The summed E-state index contributed by atoms with van der Waals surface area (Å²) in [4.78, 5) is 17.9. The zero-order chi connectivity index (χ0) is 26.3. The summed E-state index contributed by atoms with van der Waals surface area (Å²) < 4.78 is 7.60. The molecule has 5 rings (SSSR count). The van der Waals surface area contributed by atoms with Gasteiger partial charge in [-0.15, -0.1) is 0 Å². The van der Waals surface area contributed by atoms with E-state index in [9.17, 15) is 10.1 Å². The summed E-state index contributed by atoms with van der Waals surface area (Å²) in [6.07, 6.45) is 1.78. The molecule has 9 heteroatoms. The molecule has 1 aliphatic rings. The first kappa shape index (κ1) is 24.5. The average Bonchev–Trinajstić information content (AvgIpc) is 3.38. The van der Waals surface area contributed by atoms with Gasteiger partial charge in [0.2, 0.25) is 0 Å². The highest BCUT2D eigenvalue weighted by atomic mass is 32.1. The van der Waals surface area contributed by atoms with E-state index in [4.69, 9.17) is 17.0 Å². The maximum atomic E-state index is 11.6. The molecule has 2 aromatic heterocycles. The minimum atomic E-state index is -0.395. The maximum absolute atomic E-state index is 11.6. The van der Waals surface area contributed by atoms with Crippen molar-refractivity contribution in [3.63, 3.8) is 0 Å². The van der Waals surface area contributed by atoms with Gasteiger partial charge in [-0.2, -0.15) is 0 Å². The van der Waals surface area contributed by atoms with Crippen LogP contribution in [0.5, 0.6) is 5.75 Å². The lowest BCUT2D eigenvalue weighted by molar-refractivity contribution is -0.384. The minimum Gasteiger partial charge on any atom is -0.495 e. The summed E-state index contributed by atoms with van der Waals surface area (Å²) in [5, 5.41) is 15.7. The predicted molar refractivity (Wildman–Crippen MR) is 148 cm³/mol. The van der Waals surface area contributed by atoms with Crippen molar-refractivity contribution in [2.24, 2.45) is 0 Å². The van der Waals surface area contributed by atoms with Gasteiger partial charge in [0.15, 0.2) is 5.11 Å². The number of pyridine rings is 1. The van der Waals surface area contributed by atoms with Crippen LogP contribution in [0.4, 0.5) is 11.4 Å². The Morgan fingerprint density at radius 3 is 2.54 bits per heavy atom. The topological polar surface area (TPSA) is 85.5 Å². The Bertz CT molecular complexity index is 1500. The lowest BCUT2D eigenvalue weighted by Gasteiger charge is -2.28. The molecule has 3 heterocycles. The monoisotopic (exact) mass is 513 g/mol. The van der Waals surface area contributed by atoms with Gasteiger partial charge in [0.05, 0.1) is 35.5 Å². The largest absolute Gasteiger partial charge is 0.495 e. The maximum Gasteiger partial charge on any atom is 0.271 e. The highest BCUT2D eigenvalue weighted by Crippen LogP contribution is 2.44. The fourth-order valence-corrected chi connectivity index (χ4v) is 5.50. The molecule has 188 valence electrons. The number of aromatic nitrogens is 2. The van der Waals surface area contributed by atoms with Crippen molar-refractivity contribution in [3.8, 4) is 11.4 Å². The van der Waals surface area contributed by atoms with Crippen LogP contribution in [0.1, 0.15) is 40.3 Å². The molecule has 0 aliphatic carbocycles. The number of benzene rings is 2. The highest BCUT2D eigenvalue weighted by Gasteiger charge is 2.42. The van der Waals surface area contributed by atoms with Crippen LogP contribution < -0.4 is 15.0 Å². The number of hydrogen-bond donors (Lipinski definition) is 1. The van der Waals surface area contributed by atoms with E-state index in [0.717, 1.165) is 33.9 Å². The zero-order valence-electron chi connectivity index (χ0n) is 21.0. The number of ether oxygens (including phenoxy) is 1. The second-order valence-corrected chi connectivity index (χ2v) is 9.50. The smallest absolute Gasteiger partial charge is 0.271 e. The number of anilines is 1. The molecule has 1 fully saturated rings. The lowest BCUT2D eigenvalue weighted by Crippen LogP contribution is -2.29. The van der Waals surface area contributed by atoms with E-state index in [0.29, 0.717) is 16.5 Å². The molecule has 2 atom stereocenters. The number of thiocarbonyl (C=S) groups is 1. The van der Waals surface area contributed by atoms with Gasteiger partial charge in [0.25, 0.3) is 5.69 Å².